The standard InChI is InChI=1S/C39H42N2O4/c1-43-34-18-13-30(14-19-34)36(31-15-20-35(44-2)21-16-31)25-33(23-28-9-5-3-6-10-28)41-26-38(42)32-17-22-39(37(40)24-32)45-27-29-11-7-4-8-12-29/h3-22,24,33,36,38,41-42H,23,25-27,40H2,1-2H3. The van der Waals surface area contributed by atoms with Crippen LogP contribution in [0.25, 0.3) is 0 Å². The summed E-state index contributed by atoms with van der Waals surface area (Å²) in [6, 6.07) is 42.6. The summed E-state index contributed by atoms with van der Waals surface area (Å²) in [5, 5.41) is 14.9. The van der Waals surface area contributed by atoms with Crippen molar-refractivity contribution in [2.75, 3.05) is 26.5 Å². The van der Waals surface area contributed by atoms with Gasteiger partial charge >= 0.3 is 0 Å². The molecule has 45 heavy (non-hydrogen) atoms. The van der Waals surface area contributed by atoms with Gasteiger partial charge in [-0.15, -0.1) is 0 Å². The van der Waals surface area contributed by atoms with Gasteiger partial charge in [-0.1, -0.05) is 91.0 Å². The Hall–Kier alpha value is -4.78. The van der Waals surface area contributed by atoms with E-state index < -0.39 is 6.10 Å². The molecule has 232 valence electrons. The minimum Gasteiger partial charge on any atom is -0.497 e. The number of hydrogen-bond acceptors (Lipinski definition) is 6. The van der Waals surface area contributed by atoms with Gasteiger partial charge in [0.2, 0.25) is 0 Å². The first kappa shape index (κ1) is 31.6. The van der Waals surface area contributed by atoms with Gasteiger partial charge in [-0.2, -0.15) is 0 Å². The number of ether oxygens (including phenoxy) is 3. The topological polar surface area (TPSA) is 86.0 Å². The minimum atomic E-state index is -0.742. The van der Waals surface area contributed by atoms with Crippen molar-refractivity contribution < 1.29 is 19.3 Å². The van der Waals surface area contributed by atoms with Crippen molar-refractivity contribution in [3.63, 3.8) is 0 Å². The molecule has 0 aromatic heterocycles. The quantitative estimate of drug-likeness (QED) is 0.109. The predicted octanol–water partition coefficient (Wildman–Crippen LogP) is 7.32. The normalized spacial score (nSPS) is 12.4. The van der Waals surface area contributed by atoms with Crippen LogP contribution in [-0.2, 0) is 13.0 Å². The van der Waals surface area contributed by atoms with Crippen LogP contribution >= 0.6 is 0 Å². The van der Waals surface area contributed by atoms with Gasteiger partial charge in [-0.25, -0.2) is 0 Å². The average molecular weight is 603 g/mol. The molecule has 0 amide bonds. The molecule has 0 aliphatic heterocycles. The highest BCUT2D eigenvalue weighted by Crippen LogP contribution is 2.33. The molecule has 0 saturated carbocycles. The van der Waals surface area contributed by atoms with E-state index in [0.29, 0.717) is 24.6 Å². The molecule has 2 atom stereocenters. The molecular formula is C39H42N2O4. The summed E-state index contributed by atoms with van der Waals surface area (Å²) in [6.07, 6.45) is 0.883. The third-order valence-corrected chi connectivity index (χ3v) is 8.14. The molecule has 0 aliphatic rings. The maximum atomic E-state index is 11.3. The van der Waals surface area contributed by atoms with Gasteiger partial charge in [0.15, 0.2) is 0 Å². The molecule has 0 fully saturated rings. The molecule has 0 saturated heterocycles. The first-order chi connectivity index (χ1) is 22.0. The Labute approximate surface area is 266 Å². The number of anilines is 1. The van der Waals surface area contributed by atoms with Crippen LogP contribution in [0.4, 0.5) is 5.69 Å². The molecule has 0 radical (unpaired) electrons. The van der Waals surface area contributed by atoms with Crippen molar-refractivity contribution >= 4 is 5.69 Å². The highest BCUT2D eigenvalue weighted by Gasteiger charge is 2.22. The van der Waals surface area contributed by atoms with Gasteiger partial charge in [0, 0.05) is 18.5 Å². The molecule has 0 bridgehead atoms. The van der Waals surface area contributed by atoms with Crippen molar-refractivity contribution in [2.45, 2.75) is 37.5 Å². The van der Waals surface area contributed by atoms with E-state index in [1.54, 1.807) is 20.3 Å². The van der Waals surface area contributed by atoms with E-state index in [9.17, 15) is 5.11 Å². The van der Waals surface area contributed by atoms with Gasteiger partial charge in [0.1, 0.15) is 23.9 Å². The Morgan fingerprint density at radius 3 is 1.73 bits per heavy atom. The van der Waals surface area contributed by atoms with Crippen LogP contribution in [-0.4, -0.2) is 31.9 Å². The highest BCUT2D eigenvalue weighted by molar-refractivity contribution is 5.54. The predicted molar refractivity (Wildman–Crippen MR) is 181 cm³/mol. The van der Waals surface area contributed by atoms with E-state index in [0.717, 1.165) is 35.5 Å². The monoisotopic (exact) mass is 602 g/mol. The van der Waals surface area contributed by atoms with Crippen LogP contribution in [0, 0.1) is 0 Å². The number of rotatable bonds is 15. The van der Waals surface area contributed by atoms with E-state index in [2.05, 4.69) is 53.8 Å². The lowest BCUT2D eigenvalue weighted by Crippen LogP contribution is -2.36. The van der Waals surface area contributed by atoms with Gasteiger partial charge in [-0.05, 0) is 77.1 Å². The third-order valence-electron chi connectivity index (χ3n) is 8.14. The lowest BCUT2D eigenvalue weighted by molar-refractivity contribution is 0.168. The first-order valence-corrected chi connectivity index (χ1v) is 15.3. The van der Waals surface area contributed by atoms with Crippen molar-refractivity contribution in [3.8, 4) is 17.2 Å². The Bertz CT molecular complexity index is 1550. The maximum Gasteiger partial charge on any atom is 0.142 e. The molecule has 5 rings (SSSR count). The summed E-state index contributed by atoms with van der Waals surface area (Å²) in [7, 11) is 3.36. The molecule has 2 unspecified atom stereocenters. The van der Waals surface area contributed by atoms with Crippen molar-refractivity contribution in [1.82, 2.24) is 5.32 Å². The fraction of sp³-hybridized carbons (Fsp3) is 0.231. The van der Waals surface area contributed by atoms with Crippen LogP contribution in [0.2, 0.25) is 0 Å². The first-order valence-electron chi connectivity index (χ1n) is 15.3. The molecule has 0 aliphatic carbocycles. The Balaban J connectivity index is 1.33. The average Bonchev–Trinajstić information content (AvgIpc) is 3.09. The van der Waals surface area contributed by atoms with Gasteiger partial charge < -0.3 is 30.4 Å². The number of aliphatic hydroxyl groups is 1. The number of benzene rings is 5. The maximum absolute atomic E-state index is 11.3. The molecule has 4 N–H and O–H groups in total. The van der Waals surface area contributed by atoms with Crippen LogP contribution in [0.15, 0.2) is 127 Å². The summed E-state index contributed by atoms with van der Waals surface area (Å²) in [5.41, 5.74) is 12.3. The molecule has 0 spiro atoms. The molecule has 5 aromatic rings. The summed E-state index contributed by atoms with van der Waals surface area (Å²) >= 11 is 0. The second-order valence-corrected chi connectivity index (χ2v) is 11.2. The number of hydrogen-bond donors (Lipinski definition) is 3. The minimum absolute atomic E-state index is 0.0714. The van der Waals surface area contributed by atoms with Crippen molar-refractivity contribution in [3.05, 3.63) is 155 Å². The zero-order valence-electron chi connectivity index (χ0n) is 25.9. The Morgan fingerprint density at radius 2 is 1.20 bits per heavy atom. The van der Waals surface area contributed by atoms with Gasteiger partial charge in [-0.3, -0.25) is 0 Å². The second kappa shape index (κ2) is 15.8. The fourth-order valence-corrected chi connectivity index (χ4v) is 5.60. The Kier molecular flexibility index (Phi) is 11.1. The Morgan fingerprint density at radius 1 is 0.667 bits per heavy atom. The van der Waals surface area contributed by atoms with E-state index in [-0.39, 0.29) is 12.0 Å². The number of nitrogens with two attached hydrogens (primary N) is 1. The molecular weight excluding hydrogens is 560 g/mol. The van der Waals surface area contributed by atoms with E-state index in [1.165, 1.54) is 16.7 Å². The SMILES string of the molecule is COc1ccc(C(CC(Cc2ccccc2)NCC(O)c2ccc(OCc3ccccc3)c(N)c2)c2ccc(OC)cc2)cc1. The summed E-state index contributed by atoms with van der Waals surface area (Å²) in [6.45, 7) is 0.804. The van der Waals surface area contributed by atoms with Gasteiger partial charge in [0.25, 0.3) is 0 Å². The van der Waals surface area contributed by atoms with Gasteiger partial charge in [0.05, 0.1) is 26.0 Å². The van der Waals surface area contributed by atoms with Crippen molar-refractivity contribution in [2.24, 2.45) is 0 Å². The smallest absolute Gasteiger partial charge is 0.142 e. The number of aliphatic hydroxyl groups excluding tert-OH is 1. The van der Waals surface area contributed by atoms with Crippen molar-refractivity contribution in [1.29, 1.82) is 0 Å². The van der Waals surface area contributed by atoms with Crippen LogP contribution in [0.3, 0.4) is 0 Å². The molecule has 0 heterocycles. The van der Waals surface area contributed by atoms with E-state index >= 15 is 0 Å². The highest BCUT2D eigenvalue weighted by atomic mass is 16.5. The molecule has 6 heteroatoms. The molecule has 5 aromatic carbocycles. The van der Waals surface area contributed by atoms with E-state index in [4.69, 9.17) is 19.9 Å². The summed E-state index contributed by atoms with van der Waals surface area (Å²) in [5.74, 6) is 2.36. The summed E-state index contributed by atoms with van der Waals surface area (Å²) in [4.78, 5) is 0. The zero-order chi connectivity index (χ0) is 31.4. The lowest BCUT2D eigenvalue weighted by atomic mass is 9.84. The molecule has 6 nitrogen and oxygen atoms in total. The second-order valence-electron chi connectivity index (χ2n) is 11.2. The number of methoxy groups -OCH3 is 2. The van der Waals surface area contributed by atoms with E-state index in [1.807, 2.05) is 72.8 Å². The number of nitrogens with one attached hydrogen (secondary N) is 1. The fourth-order valence-electron chi connectivity index (χ4n) is 5.60. The largest absolute Gasteiger partial charge is 0.497 e. The number of nitrogen functional groups attached to an aromatic ring is 1. The van der Waals surface area contributed by atoms with Crippen LogP contribution in [0.5, 0.6) is 17.2 Å². The third kappa shape index (κ3) is 8.88. The zero-order valence-corrected chi connectivity index (χ0v) is 25.9. The lowest BCUT2D eigenvalue weighted by Gasteiger charge is -2.27. The summed E-state index contributed by atoms with van der Waals surface area (Å²) < 4.78 is 16.8. The van der Waals surface area contributed by atoms with Crippen LogP contribution in [0.1, 0.15) is 46.3 Å². The van der Waals surface area contributed by atoms with Crippen LogP contribution < -0.4 is 25.3 Å².